The number of aryl methyl sites for hydroxylation is 2. The lowest BCUT2D eigenvalue weighted by Gasteiger charge is -2.29. The summed E-state index contributed by atoms with van der Waals surface area (Å²) in [6, 6.07) is 3.18. The van der Waals surface area contributed by atoms with Crippen LogP contribution < -0.4 is 5.32 Å². The van der Waals surface area contributed by atoms with Crippen molar-refractivity contribution in [1.82, 2.24) is 14.5 Å². The van der Waals surface area contributed by atoms with Crippen molar-refractivity contribution in [2.45, 2.75) is 25.1 Å². The molecule has 124 valence electrons. The van der Waals surface area contributed by atoms with E-state index in [1.807, 2.05) is 0 Å². The number of aromatic nitrogens is 3. The highest BCUT2D eigenvalue weighted by Gasteiger charge is 2.58. The Morgan fingerprint density at radius 2 is 2.04 bits per heavy atom. The first-order valence-corrected chi connectivity index (χ1v) is 6.63. The Morgan fingerprint density at radius 1 is 1.35 bits per heavy atom. The second-order valence-electron chi connectivity index (χ2n) is 5.16. The highest BCUT2D eigenvalue weighted by molar-refractivity contribution is 5.90. The number of carbonyl (C=O) groups is 1. The summed E-state index contributed by atoms with van der Waals surface area (Å²) in [5.41, 5.74) is -2.61. The molecule has 23 heavy (non-hydrogen) atoms. The van der Waals surface area contributed by atoms with E-state index in [2.05, 4.69) is 15.3 Å². The molecule has 2 heterocycles. The lowest BCUT2D eigenvalue weighted by molar-refractivity contribution is -0.270. The summed E-state index contributed by atoms with van der Waals surface area (Å²) in [5.74, 6) is -1.57. The molecule has 2 rings (SSSR count). The van der Waals surface area contributed by atoms with Gasteiger partial charge in [0.05, 0.1) is 6.42 Å². The van der Waals surface area contributed by atoms with Crippen LogP contribution in [0.5, 0.6) is 0 Å². The minimum Gasteiger partial charge on any atom is -0.374 e. The second kappa shape index (κ2) is 5.99. The van der Waals surface area contributed by atoms with Gasteiger partial charge in [0, 0.05) is 25.6 Å². The fourth-order valence-corrected chi connectivity index (χ4v) is 2.09. The molecule has 6 nitrogen and oxygen atoms in total. The monoisotopic (exact) mass is 328 g/mol. The number of carbonyl (C=O) groups excluding carboxylic acids is 1. The van der Waals surface area contributed by atoms with E-state index in [0.717, 1.165) is 16.3 Å². The summed E-state index contributed by atoms with van der Waals surface area (Å²) in [5, 5.41) is 12.3. The zero-order chi connectivity index (χ0) is 17.3. The molecule has 0 saturated carbocycles. The summed E-state index contributed by atoms with van der Waals surface area (Å²) < 4.78 is 41.0. The van der Waals surface area contributed by atoms with Gasteiger partial charge in [0.2, 0.25) is 11.5 Å². The highest BCUT2D eigenvalue weighted by Crippen LogP contribution is 2.40. The molecule has 1 unspecified atom stereocenters. The first-order chi connectivity index (χ1) is 10.6. The van der Waals surface area contributed by atoms with Crippen molar-refractivity contribution < 1.29 is 23.1 Å². The Labute approximate surface area is 130 Å². The van der Waals surface area contributed by atoms with Gasteiger partial charge in [0.15, 0.2) is 5.82 Å². The van der Waals surface area contributed by atoms with Crippen LogP contribution in [0.1, 0.15) is 17.8 Å². The Balaban J connectivity index is 2.25. The van der Waals surface area contributed by atoms with Crippen LogP contribution in [0.4, 0.5) is 19.0 Å². The molecule has 0 spiro atoms. The standard InChI is InChI=1S/C14H15F3N4O2/c1-9-3-4-18-10(7-9)20-11(22)8-13(23,14(15,16)17)12-19-5-6-21(12)2/h3-7,23H,8H2,1-2H3,(H,18,20,22). The molecule has 0 bridgehead atoms. The van der Waals surface area contributed by atoms with E-state index in [1.165, 1.54) is 25.5 Å². The van der Waals surface area contributed by atoms with Crippen molar-refractivity contribution in [1.29, 1.82) is 0 Å². The SMILES string of the molecule is Cc1ccnc(NC(=O)CC(O)(c2nccn2C)C(F)(F)F)c1. The van der Waals surface area contributed by atoms with Crippen molar-refractivity contribution in [3.8, 4) is 0 Å². The van der Waals surface area contributed by atoms with Crippen molar-refractivity contribution >= 4 is 11.7 Å². The minimum atomic E-state index is -5.07. The van der Waals surface area contributed by atoms with Crippen LogP contribution in [0.25, 0.3) is 0 Å². The van der Waals surface area contributed by atoms with Gasteiger partial charge in [-0.05, 0) is 24.6 Å². The zero-order valence-electron chi connectivity index (χ0n) is 12.4. The first kappa shape index (κ1) is 16.9. The summed E-state index contributed by atoms with van der Waals surface area (Å²) in [6.45, 7) is 1.75. The number of rotatable bonds is 4. The number of aliphatic hydroxyl groups is 1. The maximum absolute atomic E-state index is 13.3. The number of hydrogen-bond donors (Lipinski definition) is 2. The van der Waals surface area contributed by atoms with Crippen molar-refractivity contribution in [3.63, 3.8) is 0 Å². The number of anilines is 1. The van der Waals surface area contributed by atoms with Crippen LogP contribution in [0.15, 0.2) is 30.7 Å². The molecule has 2 aromatic rings. The number of imidazole rings is 1. The summed E-state index contributed by atoms with van der Waals surface area (Å²) >= 11 is 0. The lowest BCUT2D eigenvalue weighted by atomic mass is 9.97. The van der Waals surface area contributed by atoms with E-state index >= 15 is 0 Å². The van der Waals surface area contributed by atoms with Gasteiger partial charge >= 0.3 is 6.18 Å². The van der Waals surface area contributed by atoms with Crippen LogP contribution in [0.3, 0.4) is 0 Å². The maximum atomic E-state index is 13.3. The number of pyridine rings is 1. The molecule has 9 heteroatoms. The van der Waals surface area contributed by atoms with Gasteiger partial charge in [-0.2, -0.15) is 13.2 Å². The summed E-state index contributed by atoms with van der Waals surface area (Å²) in [4.78, 5) is 19.3. The second-order valence-corrected chi connectivity index (χ2v) is 5.16. The normalized spacial score (nSPS) is 14.3. The van der Waals surface area contributed by atoms with Crippen LogP contribution >= 0.6 is 0 Å². The van der Waals surface area contributed by atoms with Crippen LogP contribution in [0.2, 0.25) is 0 Å². The molecule has 0 radical (unpaired) electrons. The third-order valence-electron chi connectivity index (χ3n) is 3.26. The zero-order valence-corrected chi connectivity index (χ0v) is 12.4. The number of alkyl halides is 3. The van der Waals surface area contributed by atoms with Gasteiger partial charge < -0.3 is 15.0 Å². The minimum absolute atomic E-state index is 0.111. The lowest BCUT2D eigenvalue weighted by Crippen LogP contribution is -2.46. The van der Waals surface area contributed by atoms with Gasteiger partial charge in [-0.15, -0.1) is 0 Å². The van der Waals surface area contributed by atoms with Gasteiger partial charge in [0.1, 0.15) is 5.82 Å². The van der Waals surface area contributed by atoms with Crippen molar-refractivity contribution in [2.24, 2.45) is 7.05 Å². The topological polar surface area (TPSA) is 80.0 Å². The Kier molecular flexibility index (Phi) is 4.42. The summed E-state index contributed by atoms with van der Waals surface area (Å²) in [6.07, 6.45) is -2.50. The molecule has 0 aliphatic heterocycles. The average molecular weight is 328 g/mol. The molecular weight excluding hydrogens is 313 g/mol. The molecule has 1 amide bonds. The number of hydrogen-bond acceptors (Lipinski definition) is 4. The molecule has 0 fully saturated rings. The fraction of sp³-hybridized carbons (Fsp3) is 0.357. The van der Waals surface area contributed by atoms with Gasteiger partial charge in [-0.25, -0.2) is 9.97 Å². The molecule has 0 aromatic carbocycles. The van der Waals surface area contributed by atoms with E-state index in [0.29, 0.717) is 0 Å². The van der Waals surface area contributed by atoms with Crippen molar-refractivity contribution in [2.75, 3.05) is 5.32 Å². The first-order valence-electron chi connectivity index (χ1n) is 6.63. The number of nitrogens with zero attached hydrogens (tertiary/aromatic N) is 3. The quantitative estimate of drug-likeness (QED) is 0.898. The van der Waals surface area contributed by atoms with Crippen molar-refractivity contribution in [3.05, 3.63) is 42.1 Å². The Bertz CT molecular complexity index is 714. The number of halogens is 3. The van der Waals surface area contributed by atoms with Gasteiger partial charge in [0.25, 0.3) is 0 Å². The van der Waals surface area contributed by atoms with E-state index in [-0.39, 0.29) is 5.82 Å². The molecule has 0 aliphatic carbocycles. The largest absolute Gasteiger partial charge is 0.425 e. The van der Waals surface area contributed by atoms with Crippen LogP contribution in [-0.4, -0.2) is 31.7 Å². The predicted molar refractivity (Wildman–Crippen MR) is 75.4 cm³/mol. The predicted octanol–water partition coefficient (Wildman–Crippen LogP) is 1.90. The van der Waals surface area contributed by atoms with E-state index < -0.39 is 29.9 Å². The van der Waals surface area contributed by atoms with Crippen LogP contribution in [-0.2, 0) is 17.4 Å². The van der Waals surface area contributed by atoms with E-state index in [1.54, 1.807) is 13.0 Å². The number of amides is 1. The molecule has 0 saturated heterocycles. The molecule has 2 N–H and O–H groups in total. The smallest absolute Gasteiger partial charge is 0.374 e. The maximum Gasteiger partial charge on any atom is 0.425 e. The third-order valence-corrected chi connectivity index (χ3v) is 3.26. The Hall–Kier alpha value is -2.42. The van der Waals surface area contributed by atoms with Gasteiger partial charge in [-0.3, -0.25) is 4.79 Å². The Morgan fingerprint density at radius 3 is 2.57 bits per heavy atom. The van der Waals surface area contributed by atoms with Gasteiger partial charge in [-0.1, -0.05) is 0 Å². The molecule has 0 aliphatic rings. The summed E-state index contributed by atoms with van der Waals surface area (Å²) in [7, 11) is 1.30. The van der Waals surface area contributed by atoms with E-state index in [4.69, 9.17) is 0 Å². The third kappa shape index (κ3) is 3.50. The highest BCUT2D eigenvalue weighted by atomic mass is 19.4. The fourth-order valence-electron chi connectivity index (χ4n) is 2.09. The number of nitrogens with one attached hydrogen (secondary N) is 1. The van der Waals surface area contributed by atoms with Crippen LogP contribution in [0, 0.1) is 6.92 Å². The molecule has 1 atom stereocenters. The average Bonchev–Trinajstić information content (AvgIpc) is 2.83. The van der Waals surface area contributed by atoms with E-state index in [9.17, 15) is 23.1 Å². The molecular formula is C14H15F3N4O2. The molecule has 2 aromatic heterocycles.